The van der Waals surface area contributed by atoms with Gasteiger partial charge in [-0.1, -0.05) is 5.16 Å². The number of nitrogens with zero attached hydrogens (tertiary/aromatic N) is 2. The van der Waals surface area contributed by atoms with Gasteiger partial charge in [-0.25, -0.2) is 4.98 Å². The zero-order valence-corrected chi connectivity index (χ0v) is 10.4. The highest BCUT2D eigenvalue weighted by Gasteiger charge is 2.17. The van der Waals surface area contributed by atoms with Crippen LogP contribution in [0.25, 0.3) is 0 Å². The molecule has 2 rings (SSSR count). The number of anilines is 1. The lowest BCUT2D eigenvalue weighted by atomic mass is 10.2. The first-order chi connectivity index (χ1) is 8.61. The Morgan fingerprint density at radius 2 is 2.17 bits per heavy atom. The first kappa shape index (κ1) is 12.1. The van der Waals surface area contributed by atoms with Crippen molar-refractivity contribution in [2.24, 2.45) is 0 Å². The van der Waals surface area contributed by atoms with E-state index in [-0.39, 0.29) is 5.91 Å². The lowest BCUT2D eigenvalue weighted by Crippen LogP contribution is -2.13. The van der Waals surface area contributed by atoms with E-state index < -0.39 is 0 Å². The monoisotopic (exact) mass is 247 g/mol. The molecule has 0 saturated heterocycles. The number of carbonyl (C=O) groups is 1. The van der Waals surface area contributed by atoms with Crippen molar-refractivity contribution in [3.05, 3.63) is 35.3 Å². The van der Waals surface area contributed by atoms with Gasteiger partial charge in [0, 0.05) is 6.07 Å². The van der Waals surface area contributed by atoms with Gasteiger partial charge in [0.05, 0.1) is 24.7 Å². The quantitative estimate of drug-likeness (QED) is 0.896. The maximum atomic E-state index is 12.0. The number of nitrogens with one attached hydrogen (secondary N) is 1. The molecule has 0 fully saturated rings. The highest BCUT2D eigenvalue weighted by Crippen LogP contribution is 2.16. The maximum absolute atomic E-state index is 12.0. The number of amides is 1. The molecule has 0 atom stereocenters. The Kier molecular flexibility index (Phi) is 3.27. The zero-order chi connectivity index (χ0) is 13.1. The molecule has 1 amide bonds. The summed E-state index contributed by atoms with van der Waals surface area (Å²) in [5.41, 5.74) is 1.60. The van der Waals surface area contributed by atoms with Crippen LogP contribution in [0.15, 0.2) is 22.9 Å². The number of hydrogen-bond acceptors (Lipinski definition) is 5. The summed E-state index contributed by atoms with van der Waals surface area (Å²) >= 11 is 0. The number of carbonyl (C=O) groups excluding carboxylic acids is 1. The van der Waals surface area contributed by atoms with Gasteiger partial charge in [-0.2, -0.15) is 0 Å². The minimum Gasteiger partial charge on any atom is -0.481 e. The molecular formula is C12H13N3O3. The topological polar surface area (TPSA) is 77.2 Å². The Balaban J connectivity index is 2.16. The van der Waals surface area contributed by atoms with Crippen LogP contribution in [0.2, 0.25) is 0 Å². The molecule has 0 aliphatic carbocycles. The van der Waals surface area contributed by atoms with Crippen LogP contribution in [-0.4, -0.2) is 23.2 Å². The Bertz CT molecular complexity index is 541. The number of aromatic nitrogens is 2. The highest BCUT2D eigenvalue weighted by atomic mass is 16.5. The lowest BCUT2D eigenvalue weighted by Gasteiger charge is -2.05. The number of ether oxygens (including phenoxy) is 1. The van der Waals surface area contributed by atoms with Crippen LogP contribution in [0.4, 0.5) is 5.69 Å². The lowest BCUT2D eigenvalue weighted by molar-refractivity contribution is 0.102. The van der Waals surface area contributed by atoms with Crippen LogP contribution in [0, 0.1) is 13.8 Å². The molecule has 94 valence electrons. The van der Waals surface area contributed by atoms with Gasteiger partial charge in [0.25, 0.3) is 5.91 Å². The largest absolute Gasteiger partial charge is 0.481 e. The molecule has 0 aliphatic rings. The fourth-order valence-electron chi connectivity index (χ4n) is 1.58. The molecule has 0 spiro atoms. The van der Waals surface area contributed by atoms with Gasteiger partial charge >= 0.3 is 0 Å². The van der Waals surface area contributed by atoms with Gasteiger partial charge < -0.3 is 14.6 Å². The van der Waals surface area contributed by atoms with Crippen LogP contribution < -0.4 is 10.1 Å². The molecule has 0 unspecified atom stereocenters. The van der Waals surface area contributed by atoms with Crippen molar-refractivity contribution in [2.45, 2.75) is 13.8 Å². The summed E-state index contributed by atoms with van der Waals surface area (Å²) in [6.07, 6.45) is 1.52. The normalized spacial score (nSPS) is 10.2. The summed E-state index contributed by atoms with van der Waals surface area (Å²) in [4.78, 5) is 16.0. The highest BCUT2D eigenvalue weighted by molar-refractivity contribution is 6.05. The predicted molar refractivity (Wildman–Crippen MR) is 64.7 cm³/mol. The summed E-state index contributed by atoms with van der Waals surface area (Å²) in [7, 11) is 1.53. The van der Waals surface area contributed by atoms with E-state index in [1.54, 1.807) is 26.0 Å². The van der Waals surface area contributed by atoms with E-state index >= 15 is 0 Å². The number of aryl methyl sites for hydroxylation is 2. The van der Waals surface area contributed by atoms with Crippen molar-refractivity contribution in [2.75, 3.05) is 12.4 Å². The third-order valence-corrected chi connectivity index (χ3v) is 2.46. The fourth-order valence-corrected chi connectivity index (χ4v) is 1.58. The van der Waals surface area contributed by atoms with Gasteiger partial charge in [0.2, 0.25) is 5.88 Å². The fraction of sp³-hybridized carbons (Fsp3) is 0.250. The molecule has 0 aromatic carbocycles. The average Bonchev–Trinajstić information content (AvgIpc) is 2.70. The van der Waals surface area contributed by atoms with Crippen LogP contribution in [0.3, 0.4) is 0 Å². The molecule has 0 radical (unpaired) electrons. The van der Waals surface area contributed by atoms with Crippen molar-refractivity contribution < 1.29 is 14.1 Å². The van der Waals surface area contributed by atoms with Crippen molar-refractivity contribution in [1.82, 2.24) is 10.1 Å². The van der Waals surface area contributed by atoms with E-state index in [9.17, 15) is 4.79 Å². The molecule has 0 bridgehead atoms. The van der Waals surface area contributed by atoms with Crippen LogP contribution in [-0.2, 0) is 0 Å². The minimum atomic E-state index is -0.266. The first-order valence-electron chi connectivity index (χ1n) is 5.36. The Labute approximate surface area is 104 Å². The Morgan fingerprint density at radius 3 is 2.67 bits per heavy atom. The van der Waals surface area contributed by atoms with E-state index in [0.29, 0.717) is 28.6 Å². The van der Waals surface area contributed by atoms with E-state index in [1.165, 1.54) is 13.3 Å². The second kappa shape index (κ2) is 4.87. The Hall–Kier alpha value is -2.37. The van der Waals surface area contributed by atoms with E-state index in [4.69, 9.17) is 9.26 Å². The Morgan fingerprint density at radius 1 is 1.39 bits per heavy atom. The third kappa shape index (κ3) is 2.32. The summed E-state index contributed by atoms with van der Waals surface area (Å²) in [6.45, 7) is 3.42. The summed E-state index contributed by atoms with van der Waals surface area (Å²) in [5, 5.41) is 6.46. The first-order valence-corrected chi connectivity index (χ1v) is 5.36. The molecule has 6 heteroatoms. The molecule has 6 nitrogen and oxygen atoms in total. The van der Waals surface area contributed by atoms with Crippen LogP contribution in [0.1, 0.15) is 21.8 Å². The minimum absolute atomic E-state index is 0.266. The van der Waals surface area contributed by atoms with E-state index in [2.05, 4.69) is 15.5 Å². The summed E-state index contributed by atoms with van der Waals surface area (Å²) in [5.74, 6) is 0.718. The van der Waals surface area contributed by atoms with Crippen molar-refractivity contribution in [3.63, 3.8) is 0 Å². The average molecular weight is 247 g/mol. The summed E-state index contributed by atoms with van der Waals surface area (Å²) in [6, 6.07) is 3.38. The van der Waals surface area contributed by atoms with Gasteiger partial charge in [0.15, 0.2) is 0 Å². The predicted octanol–water partition coefficient (Wildman–Crippen LogP) is 1.95. The van der Waals surface area contributed by atoms with Gasteiger partial charge in [0.1, 0.15) is 11.3 Å². The molecule has 2 aromatic heterocycles. The molecule has 2 heterocycles. The van der Waals surface area contributed by atoms with Crippen molar-refractivity contribution in [1.29, 1.82) is 0 Å². The van der Waals surface area contributed by atoms with Crippen molar-refractivity contribution >= 4 is 11.6 Å². The van der Waals surface area contributed by atoms with Gasteiger partial charge in [-0.15, -0.1) is 0 Å². The molecule has 0 aliphatic heterocycles. The molecule has 0 saturated carbocycles. The second-order valence-corrected chi connectivity index (χ2v) is 3.74. The van der Waals surface area contributed by atoms with E-state index in [1.807, 2.05) is 0 Å². The van der Waals surface area contributed by atoms with Crippen LogP contribution >= 0.6 is 0 Å². The van der Waals surface area contributed by atoms with Crippen molar-refractivity contribution in [3.8, 4) is 5.88 Å². The molecule has 18 heavy (non-hydrogen) atoms. The summed E-state index contributed by atoms with van der Waals surface area (Å²) < 4.78 is 9.88. The number of pyridine rings is 1. The standard InChI is InChI=1S/C12H13N3O3/c1-7-11(8(2)18-15-7)12(16)14-9-4-5-10(17-3)13-6-9/h4-6H,1-3H3,(H,14,16). The third-order valence-electron chi connectivity index (χ3n) is 2.46. The maximum Gasteiger partial charge on any atom is 0.261 e. The number of hydrogen-bond donors (Lipinski definition) is 1. The smallest absolute Gasteiger partial charge is 0.261 e. The van der Waals surface area contributed by atoms with Crippen LogP contribution in [0.5, 0.6) is 5.88 Å². The molecule has 1 N–H and O–H groups in total. The second-order valence-electron chi connectivity index (χ2n) is 3.74. The molecule has 2 aromatic rings. The molecular weight excluding hydrogens is 234 g/mol. The SMILES string of the molecule is COc1ccc(NC(=O)c2c(C)noc2C)cn1. The van der Waals surface area contributed by atoms with E-state index in [0.717, 1.165) is 0 Å². The zero-order valence-electron chi connectivity index (χ0n) is 10.4. The number of methoxy groups -OCH3 is 1. The number of rotatable bonds is 3. The van der Waals surface area contributed by atoms with Gasteiger partial charge in [-0.3, -0.25) is 4.79 Å². The van der Waals surface area contributed by atoms with Gasteiger partial charge in [-0.05, 0) is 19.9 Å².